The predicted octanol–water partition coefficient (Wildman–Crippen LogP) is 2.06. The standard InChI is InChI=1S/C12H11F3N4O2/c1-16-9-3-2-7(12(13,14)15)4-8(9)11(20)17-5-10-18-6-21-19-10/h2-4,6,16H,5H2,1H3,(H,17,20). The summed E-state index contributed by atoms with van der Waals surface area (Å²) in [7, 11) is 1.51. The SMILES string of the molecule is CNc1ccc(C(F)(F)F)cc1C(=O)NCc1ncon1. The molecule has 2 aromatic rings. The van der Waals surface area contributed by atoms with Gasteiger partial charge in [0, 0.05) is 12.7 Å². The van der Waals surface area contributed by atoms with Crippen LogP contribution in [-0.4, -0.2) is 23.1 Å². The van der Waals surface area contributed by atoms with Gasteiger partial charge in [0.25, 0.3) is 5.91 Å². The number of nitrogens with zero attached hydrogens (tertiary/aromatic N) is 2. The van der Waals surface area contributed by atoms with Gasteiger partial charge < -0.3 is 15.2 Å². The van der Waals surface area contributed by atoms with Gasteiger partial charge in [-0.05, 0) is 18.2 Å². The zero-order valence-corrected chi connectivity index (χ0v) is 10.9. The summed E-state index contributed by atoms with van der Waals surface area (Å²) in [4.78, 5) is 15.7. The predicted molar refractivity (Wildman–Crippen MR) is 66.5 cm³/mol. The molecule has 1 aromatic carbocycles. The molecule has 0 fully saturated rings. The summed E-state index contributed by atoms with van der Waals surface area (Å²) in [6.45, 7) is -0.0469. The van der Waals surface area contributed by atoms with Gasteiger partial charge in [-0.3, -0.25) is 4.79 Å². The van der Waals surface area contributed by atoms with Crippen molar-refractivity contribution in [3.8, 4) is 0 Å². The summed E-state index contributed by atoms with van der Waals surface area (Å²) in [6, 6.07) is 2.89. The van der Waals surface area contributed by atoms with Crippen LogP contribution in [0.4, 0.5) is 18.9 Å². The Labute approximate surface area is 117 Å². The van der Waals surface area contributed by atoms with Gasteiger partial charge in [-0.25, -0.2) is 0 Å². The van der Waals surface area contributed by atoms with Crippen molar-refractivity contribution < 1.29 is 22.5 Å². The van der Waals surface area contributed by atoms with Crippen LogP contribution in [0.5, 0.6) is 0 Å². The molecule has 21 heavy (non-hydrogen) atoms. The van der Waals surface area contributed by atoms with E-state index in [9.17, 15) is 18.0 Å². The molecule has 0 bridgehead atoms. The third kappa shape index (κ3) is 3.50. The van der Waals surface area contributed by atoms with Crippen LogP contribution in [0, 0.1) is 0 Å². The fourth-order valence-corrected chi connectivity index (χ4v) is 1.65. The Morgan fingerprint density at radius 2 is 2.14 bits per heavy atom. The number of carbonyl (C=O) groups is 1. The lowest BCUT2D eigenvalue weighted by molar-refractivity contribution is -0.137. The number of aromatic nitrogens is 2. The van der Waals surface area contributed by atoms with Crippen LogP contribution < -0.4 is 10.6 Å². The molecule has 0 aliphatic carbocycles. The largest absolute Gasteiger partial charge is 0.416 e. The summed E-state index contributed by atoms with van der Waals surface area (Å²) in [5, 5.41) is 8.58. The molecule has 0 spiro atoms. The molecule has 0 saturated carbocycles. The van der Waals surface area contributed by atoms with E-state index in [1.54, 1.807) is 0 Å². The third-order valence-electron chi connectivity index (χ3n) is 2.67. The number of halogens is 3. The first-order valence-corrected chi connectivity index (χ1v) is 5.84. The number of nitrogens with one attached hydrogen (secondary N) is 2. The van der Waals surface area contributed by atoms with Gasteiger partial charge in [-0.1, -0.05) is 5.16 Å². The smallest absolute Gasteiger partial charge is 0.387 e. The zero-order valence-electron chi connectivity index (χ0n) is 10.9. The van der Waals surface area contributed by atoms with E-state index in [1.807, 2.05) is 0 Å². The summed E-state index contributed by atoms with van der Waals surface area (Å²) in [5.41, 5.74) is -0.726. The van der Waals surface area contributed by atoms with Crippen LogP contribution in [0.15, 0.2) is 29.1 Å². The van der Waals surface area contributed by atoms with Crippen molar-refractivity contribution in [3.63, 3.8) is 0 Å². The van der Waals surface area contributed by atoms with E-state index in [-0.39, 0.29) is 23.6 Å². The average molecular weight is 300 g/mol. The number of anilines is 1. The molecule has 0 aliphatic rings. The number of benzene rings is 1. The van der Waals surface area contributed by atoms with Crippen molar-refractivity contribution in [1.29, 1.82) is 0 Å². The number of hydrogen-bond acceptors (Lipinski definition) is 5. The van der Waals surface area contributed by atoms with E-state index in [0.29, 0.717) is 0 Å². The van der Waals surface area contributed by atoms with Crippen LogP contribution in [-0.2, 0) is 12.7 Å². The highest BCUT2D eigenvalue weighted by Crippen LogP contribution is 2.31. The van der Waals surface area contributed by atoms with Gasteiger partial charge in [0.1, 0.15) is 0 Å². The molecular formula is C12H11F3N4O2. The second-order valence-corrected chi connectivity index (χ2v) is 4.04. The molecule has 2 rings (SSSR count). The number of hydrogen-bond donors (Lipinski definition) is 2. The third-order valence-corrected chi connectivity index (χ3v) is 2.67. The molecule has 112 valence electrons. The summed E-state index contributed by atoms with van der Waals surface area (Å²) in [6.07, 6.45) is -3.43. The second-order valence-electron chi connectivity index (χ2n) is 4.04. The van der Waals surface area contributed by atoms with Crippen molar-refractivity contribution in [1.82, 2.24) is 15.5 Å². The first-order chi connectivity index (χ1) is 9.91. The van der Waals surface area contributed by atoms with Crippen molar-refractivity contribution >= 4 is 11.6 Å². The first kappa shape index (κ1) is 14.8. The van der Waals surface area contributed by atoms with E-state index in [4.69, 9.17) is 0 Å². The van der Waals surface area contributed by atoms with Crippen molar-refractivity contribution in [3.05, 3.63) is 41.5 Å². The van der Waals surface area contributed by atoms with Gasteiger partial charge >= 0.3 is 6.18 Å². The lowest BCUT2D eigenvalue weighted by Crippen LogP contribution is -2.25. The summed E-state index contributed by atoms with van der Waals surface area (Å²) in [5.74, 6) is -0.448. The van der Waals surface area contributed by atoms with Crippen molar-refractivity contribution in [2.45, 2.75) is 12.7 Å². The Bertz CT molecular complexity index is 626. The Hall–Kier alpha value is -2.58. The number of amides is 1. The molecule has 0 saturated heterocycles. The minimum Gasteiger partial charge on any atom is -0.387 e. The zero-order chi connectivity index (χ0) is 15.5. The van der Waals surface area contributed by atoms with E-state index in [0.717, 1.165) is 18.5 Å². The second kappa shape index (κ2) is 5.81. The maximum Gasteiger partial charge on any atom is 0.416 e. The normalized spacial score (nSPS) is 11.2. The molecule has 9 heteroatoms. The topological polar surface area (TPSA) is 80.0 Å². The molecule has 1 amide bonds. The van der Waals surface area contributed by atoms with Gasteiger partial charge in [-0.2, -0.15) is 18.2 Å². The lowest BCUT2D eigenvalue weighted by Gasteiger charge is -2.13. The van der Waals surface area contributed by atoms with Crippen LogP contribution in [0.2, 0.25) is 0 Å². The highest BCUT2D eigenvalue weighted by Gasteiger charge is 2.31. The first-order valence-electron chi connectivity index (χ1n) is 5.84. The molecule has 2 N–H and O–H groups in total. The lowest BCUT2D eigenvalue weighted by atomic mass is 10.1. The molecule has 0 radical (unpaired) electrons. The maximum atomic E-state index is 12.7. The van der Waals surface area contributed by atoms with Crippen LogP contribution in [0.1, 0.15) is 21.7 Å². The van der Waals surface area contributed by atoms with Gasteiger partial charge in [-0.15, -0.1) is 0 Å². The van der Waals surface area contributed by atoms with Crippen molar-refractivity contribution in [2.24, 2.45) is 0 Å². The van der Waals surface area contributed by atoms with Gasteiger partial charge in [0.15, 0.2) is 5.82 Å². The van der Waals surface area contributed by atoms with Crippen LogP contribution >= 0.6 is 0 Å². The van der Waals surface area contributed by atoms with Crippen molar-refractivity contribution in [2.75, 3.05) is 12.4 Å². The number of rotatable bonds is 4. The van der Waals surface area contributed by atoms with Crippen LogP contribution in [0.25, 0.3) is 0 Å². The summed E-state index contributed by atoms with van der Waals surface area (Å²) >= 11 is 0. The molecule has 0 unspecified atom stereocenters. The molecule has 1 aromatic heterocycles. The highest BCUT2D eigenvalue weighted by molar-refractivity contribution is 5.99. The Kier molecular flexibility index (Phi) is 4.10. The molecular weight excluding hydrogens is 289 g/mol. The molecule has 0 atom stereocenters. The van der Waals surface area contributed by atoms with E-state index in [1.165, 1.54) is 13.1 Å². The minimum atomic E-state index is -4.52. The Balaban J connectivity index is 2.21. The quantitative estimate of drug-likeness (QED) is 0.903. The fraction of sp³-hybridized carbons (Fsp3) is 0.250. The molecule has 0 aliphatic heterocycles. The monoisotopic (exact) mass is 300 g/mol. The van der Waals surface area contributed by atoms with Crippen LogP contribution in [0.3, 0.4) is 0 Å². The van der Waals surface area contributed by atoms with E-state index < -0.39 is 17.6 Å². The van der Waals surface area contributed by atoms with E-state index >= 15 is 0 Å². The van der Waals surface area contributed by atoms with Gasteiger partial charge in [0.2, 0.25) is 6.39 Å². The Morgan fingerprint density at radius 1 is 1.38 bits per heavy atom. The fourth-order valence-electron chi connectivity index (χ4n) is 1.65. The molecule has 1 heterocycles. The minimum absolute atomic E-state index is 0.0469. The Morgan fingerprint density at radius 3 is 2.71 bits per heavy atom. The number of alkyl halides is 3. The maximum absolute atomic E-state index is 12.7. The molecule has 6 nitrogen and oxygen atoms in total. The number of carbonyl (C=O) groups excluding carboxylic acids is 1. The summed E-state index contributed by atoms with van der Waals surface area (Å²) < 4.78 is 42.6. The van der Waals surface area contributed by atoms with E-state index in [2.05, 4.69) is 25.3 Å². The average Bonchev–Trinajstić information content (AvgIpc) is 2.96. The van der Waals surface area contributed by atoms with Gasteiger partial charge in [0.05, 0.1) is 17.7 Å². The highest BCUT2D eigenvalue weighted by atomic mass is 19.4.